The molecule has 1 N–H and O–H groups in total. The van der Waals surface area contributed by atoms with E-state index in [1.54, 1.807) is 13.8 Å². The van der Waals surface area contributed by atoms with Gasteiger partial charge in [0.25, 0.3) is 0 Å². The number of esters is 1. The lowest BCUT2D eigenvalue weighted by Crippen LogP contribution is -2.04. The molecule has 24 heavy (non-hydrogen) atoms. The topological polar surface area (TPSA) is 59.7 Å². The highest BCUT2D eigenvalue weighted by molar-refractivity contribution is 9.11. The van der Waals surface area contributed by atoms with E-state index in [4.69, 9.17) is 9.15 Å². The van der Waals surface area contributed by atoms with E-state index in [0.29, 0.717) is 25.5 Å². The molecule has 1 heterocycles. The van der Waals surface area contributed by atoms with Gasteiger partial charge in [-0.05, 0) is 51.3 Å². The molecule has 0 saturated carbocycles. The molecule has 0 saturated heterocycles. The van der Waals surface area contributed by atoms with Gasteiger partial charge in [-0.1, -0.05) is 30.3 Å². The summed E-state index contributed by atoms with van der Waals surface area (Å²) in [7, 11) is 0. The third-order valence-electron chi connectivity index (χ3n) is 3.75. The van der Waals surface area contributed by atoms with E-state index < -0.39 is 5.97 Å². The minimum Gasteiger partial charge on any atom is -0.506 e. The van der Waals surface area contributed by atoms with Crippen molar-refractivity contribution >= 4 is 48.8 Å². The molecule has 4 nitrogen and oxygen atoms in total. The number of halogens is 2. The second-order valence-corrected chi connectivity index (χ2v) is 6.78. The first kappa shape index (κ1) is 17.0. The van der Waals surface area contributed by atoms with E-state index in [1.807, 2.05) is 30.3 Å². The molecule has 0 unspecified atom stereocenters. The minimum atomic E-state index is -0.546. The number of ether oxygens (including phenoxy) is 1. The van der Waals surface area contributed by atoms with Crippen molar-refractivity contribution in [3.63, 3.8) is 0 Å². The highest BCUT2D eigenvalue weighted by Gasteiger charge is 2.27. The molecule has 2 aromatic carbocycles. The van der Waals surface area contributed by atoms with Crippen LogP contribution in [0.2, 0.25) is 0 Å². The number of hydrogen-bond acceptors (Lipinski definition) is 4. The van der Waals surface area contributed by atoms with Crippen molar-refractivity contribution in [2.45, 2.75) is 13.8 Å². The molecular formula is C18H14Br2O4. The van der Waals surface area contributed by atoms with Crippen molar-refractivity contribution in [3.05, 3.63) is 50.6 Å². The Morgan fingerprint density at radius 2 is 1.88 bits per heavy atom. The molecule has 0 aliphatic rings. The van der Waals surface area contributed by atoms with Crippen molar-refractivity contribution in [2.24, 2.45) is 0 Å². The number of phenols is 1. The average Bonchev–Trinajstić information content (AvgIpc) is 2.92. The fraction of sp³-hybridized carbons (Fsp3) is 0.167. The zero-order valence-corrected chi connectivity index (χ0v) is 16.2. The number of aryl methyl sites for hydroxylation is 1. The summed E-state index contributed by atoms with van der Waals surface area (Å²) < 4.78 is 12.0. The Morgan fingerprint density at radius 3 is 2.50 bits per heavy atom. The van der Waals surface area contributed by atoms with Crippen LogP contribution in [0.5, 0.6) is 5.75 Å². The number of furan rings is 1. The van der Waals surface area contributed by atoms with Gasteiger partial charge in [-0.25, -0.2) is 4.79 Å². The molecular weight excluding hydrogens is 440 g/mol. The van der Waals surface area contributed by atoms with Crippen LogP contribution in [0.25, 0.3) is 22.1 Å². The van der Waals surface area contributed by atoms with Crippen LogP contribution in [-0.2, 0) is 4.74 Å². The van der Waals surface area contributed by atoms with Gasteiger partial charge in [-0.15, -0.1) is 0 Å². The third-order valence-corrected chi connectivity index (χ3v) is 5.28. The first-order valence-corrected chi connectivity index (χ1v) is 8.91. The molecule has 124 valence electrons. The SMILES string of the molecule is CCOC(=O)c1oc2c(Br)c(-c3ccccc3)c(Br)c(O)c2c1C. The molecule has 0 radical (unpaired) electrons. The Morgan fingerprint density at radius 1 is 1.21 bits per heavy atom. The van der Waals surface area contributed by atoms with Gasteiger partial charge < -0.3 is 14.3 Å². The maximum absolute atomic E-state index is 12.1. The van der Waals surface area contributed by atoms with Crippen molar-refractivity contribution < 1.29 is 19.1 Å². The van der Waals surface area contributed by atoms with Gasteiger partial charge in [-0.3, -0.25) is 0 Å². The van der Waals surface area contributed by atoms with Crippen LogP contribution in [0.3, 0.4) is 0 Å². The lowest BCUT2D eigenvalue weighted by Gasteiger charge is -2.11. The van der Waals surface area contributed by atoms with E-state index >= 15 is 0 Å². The highest BCUT2D eigenvalue weighted by Crippen LogP contribution is 2.49. The first-order chi connectivity index (χ1) is 11.5. The number of benzene rings is 2. The Balaban J connectivity index is 2.34. The monoisotopic (exact) mass is 452 g/mol. The van der Waals surface area contributed by atoms with Crippen LogP contribution in [-0.4, -0.2) is 17.7 Å². The van der Waals surface area contributed by atoms with E-state index in [0.717, 1.165) is 11.1 Å². The number of hydrogen-bond donors (Lipinski definition) is 1. The van der Waals surface area contributed by atoms with Gasteiger partial charge in [0.05, 0.1) is 20.9 Å². The zero-order valence-electron chi connectivity index (χ0n) is 13.0. The van der Waals surface area contributed by atoms with E-state index in [2.05, 4.69) is 31.9 Å². The second kappa shape index (κ2) is 6.61. The van der Waals surface area contributed by atoms with Gasteiger partial charge in [-0.2, -0.15) is 0 Å². The molecule has 0 atom stereocenters. The fourth-order valence-corrected chi connectivity index (χ4v) is 4.24. The number of aromatic hydroxyl groups is 1. The number of carbonyl (C=O) groups is 1. The summed E-state index contributed by atoms with van der Waals surface area (Å²) in [5, 5.41) is 11.1. The maximum atomic E-state index is 12.1. The van der Waals surface area contributed by atoms with Gasteiger partial charge in [0, 0.05) is 11.1 Å². The minimum absolute atomic E-state index is 0.0313. The normalized spacial score (nSPS) is 11.0. The second-order valence-electron chi connectivity index (χ2n) is 5.20. The molecule has 0 aliphatic heterocycles. The summed E-state index contributed by atoms with van der Waals surface area (Å²) >= 11 is 7.01. The first-order valence-electron chi connectivity index (χ1n) is 7.32. The number of carbonyl (C=O) groups excluding carboxylic acids is 1. The van der Waals surface area contributed by atoms with Gasteiger partial charge in [0.2, 0.25) is 5.76 Å². The summed E-state index contributed by atoms with van der Waals surface area (Å²) in [6.45, 7) is 3.70. The molecule has 0 aliphatic carbocycles. The third kappa shape index (κ3) is 2.63. The van der Waals surface area contributed by atoms with Crippen LogP contribution >= 0.6 is 31.9 Å². The molecule has 6 heteroatoms. The lowest BCUT2D eigenvalue weighted by molar-refractivity contribution is 0.0491. The van der Waals surface area contributed by atoms with Crippen molar-refractivity contribution in [1.82, 2.24) is 0 Å². The molecule has 0 spiro atoms. The zero-order chi connectivity index (χ0) is 17.4. The summed E-state index contributed by atoms with van der Waals surface area (Å²) in [5.74, 6) is -0.418. The van der Waals surface area contributed by atoms with Crippen LogP contribution in [0.4, 0.5) is 0 Å². The summed E-state index contributed by atoms with van der Waals surface area (Å²) in [5.41, 5.74) is 2.61. The van der Waals surface area contributed by atoms with Crippen LogP contribution in [0, 0.1) is 6.92 Å². The van der Waals surface area contributed by atoms with Gasteiger partial charge in [0.1, 0.15) is 5.75 Å². The number of rotatable bonds is 3. The molecule has 0 fully saturated rings. The summed E-state index contributed by atoms with van der Waals surface area (Å²) in [6.07, 6.45) is 0. The molecule has 0 bridgehead atoms. The fourth-order valence-electron chi connectivity index (χ4n) is 2.64. The van der Waals surface area contributed by atoms with Crippen molar-refractivity contribution in [1.29, 1.82) is 0 Å². The predicted octanol–water partition coefficient (Wildman–Crippen LogP) is 5.82. The largest absolute Gasteiger partial charge is 0.506 e. The Hall–Kier alpha value is -1.79. The van der Waals surface area contributed by atoms with E-state index in [1.165, 1.54) is 0 Å². The van der Waals surface area contributed by atoms with Crippen LogP contribution < -0.4 is 0 Å². The van der Waals surface area contributed by atoms with Gasteiger partial charge >= 0.3 is 5.97 Å². The summed E-state index contributed by atoms with van der Waals surface area (Å²) in [4.78, 5) is 12.1. The Labute approximate surface area is 155 Å². The number of fused-ring (bicyclic) bond motifs is 1. The average molecular weight is 454 g/mol. The predicted molar refractivity (Wildman–Crippen MR) is 99.4 cm³/mol. The maximum Gasteiger partial charge on any atom is 0.374 e. The van der Waals surface area contributed by atoms with E-state index in [9.17, 15) is 9.90 Å². The Kier molecular flexibility index (Phi) is 4.69. The molecule has 3 aromatic rings. The van der Waals surface area contributed by atoms with Crippen molar-refractivity contribution in [3.8, 4) is 16.9 Å². The molecule has 0 amide bonds. The molecule has 3 rings (SSSR count). The van der Waals surface area contributed by atoms with Crippen LogP contribution in [0.1, 0.15) is 23.0 Å². The quantitative estimate of drug-likeness (QED) is 0.508. The number of phenolic OH excluding ortho intramolecular Hbond substituents is 1. The lowest BCUT2D eigenvalue weighted by atomic mass is 10.0. The highest BCUT2D eigenvalue weighted by atomic mass is 79.9. The standard InChI is InChI=1S/C18H14Br2O4/c1-3-23-18(22)16-9(2)11-15(21)13(19)12(14(20)17(11)24-16)10-7-5-4-6-8-10/h4-8,21H,3H2,1-2H3. The van der Waals surface area contributed by atoms with Crippen molar-refractivity contribution in [2.75, 3.05) is 6.61 Å². The van der Waals surface area contributed by atoms with E-state index in [-0.39, 0.29) is 18.1 Å². The van der Waals surface area contributed by atoms with Gasteiger partial charge in [0.15, 0.2) is 5.58 Å². The molecule has 1 aromatic heterocycles. The summed E-state index contributed by atoms with van der Waals surface area (Å²) in [6, 6.07) is 9.59. The Bertz CT molecular complexity index is 930. The van der Waals surface area contributed by atoms with Crippen LogP contribution in [0.15, 0.2) is 43.7 Å². The smallest absolute Gasteiger partial charge is 0.374 e.